The number of nitrogens with zero attached hydrogens (tertiary/aromatic N) is 5. The Hall–Kier alpha value is -6.53. The number of rotatable bonds is 6. The van der Waals surface area contributed by atoms with Gasteiger partial charge in [0.25, 0.3) is 0 Å². The average Bonchev–Trinajstić information content (AvgIpc) is 3.51. The minimum Gasteiger partial charge on any atom is -0.499 e. The number of allylic oxidation sites excluding steroid dienone is 1. The zero-order valence-corrected chi connectivity index (χ0v) is 34.5. The third kappa shape index (κ3) is 18.5. The first kappa shape index (κ1) is 49.5. The number of nitrogen functional groups attached to an aromatic ring is 4. The second kappa shape index (κ2) is 26.3. The summed E-state index contributed by atoms with van der Waals surface area (Å²) in [7, 11) is 0. The summed E-state index contributed by atoms with van der Waals surface area (Å²) >= 11 is 0. The molecule has 1 aromatic heterocycles. The highest BCUT2D eigenvalue weighted by atomic mass is 35.5. The minimum absolute atomic E-state index is 0. The summed E-state index contributed by atoms with van der Waals surface area (Å²) in [4.78, 5) is 0. The number of nitriles is 3. The van der Waals surface area contributed by atoms with Gasteiger partial charge in [0.2, 0.25) is 0 Å². The van der Waals surface area contributed by atoms with Gasteiger partial charge in [0.15, 0.2) is 5.57 Å². The molecule has 0 aliphatic rings. The average molecular weight is 779 g/mol. The summed E-state index contributed by atoms with van der Waals surface area (Å²) in [6.07, 6.45) is 2.63. The van der Waals surface area contributed by atoms with Crippen molar-refractivity contribution in [3.05, 3.63) is 141 Å². The van der Waals surface area contributed by atoms with Crippen LogP contribution in [0.2, 0.25) is 0 Å². The number of anilines is 4. The lowest BCUT2D eigenvalue weighted by Gasteiger charge is -2.06. The molecule has 0 saturated heterocycles. The molecule has 0 aliphatic heterocycles. The van der Waals surface area contributed by atoms with E-state index in [1.165, 1.54) is 39.6 Å². The molecule has 0 radical (unpaired) electrons. The molecule has 0 bridgehead atoms. The van der Waals surface area contributed by atoms with E-state index in [2.05, 4.69) is 50.4 Å². The normalized spacial score (nSPS) is 9.02. The molecule has 0 fully saturated rings. The summed E-state index contributed by atoms with van der Waals surface area (Å²) < 4.78 is 6.25. The van der Waals surface area contributed by atoms with Gasteiger partial charge in [0.1, 0.15) is 35.9 Å². The van der Waals surface area contributed by atoms with Gasteiger partial charge >= 0.3 is 0 Å². The van der Waals surface area contributed by atoms with Gasteiger partial charge in [-0.2, -0.15) is 20.9 Å². The fraction of sp³-hybridized carbons (Fsp3) is 0.238. The van der Waals surface area contributed by atoms with Gasteiger partial charge in [-0.05, 0) is 155 Å². The molecule has 0 aliphatic carbocycles. The predicted octanol–water partition coefficient (Wildman–Crippen LogP) is 8.09. The Morgan fingerprint density at radius 2 is 0.946 bits per heavy atom. The molecular formula is C42H55ClN12O. The number of hydrogen-bond acceptors (Lipinski definition) is 12. The third-order valence-electron chi connectivity index (χ3n) is 7.15. The number of hydrogen-bond donors (Lipinski definition) is 7. The van der Waals surface area contributed by atoms with E-state index in [4.69, 9.17) is 39.0 Å². The molecule has 0 spiro atoms. The first-order valence-corrected chi connectivity index (χ1v) is 17.2. The van der Waals surface area contributed by atoms with Crippen LogP contribution in [0.4, 0.5) is 22.9 Å². The number of aryl methyl sites for hydroxylation is 8. The molecule has 4 aromatic carbocycles. The van der Waals surface area contributed by atoms with Gasteiger partial charge in [-0.25, -0.2) is 4.68 Å². The molecule has 13 nitrogen and oxygen atoms in total. The molecule has 296 valence electrons. The van der Waals surface area contributed by atoms with E-state index in [0.717, 1.165) is 40.1 Å². The van der Waals surface area contributed by atoms with Crippen LogP contribution in [-0.4, -0.2) is 16.4 Å². The summed E-state index contributed by atoms with van der Waals surface area (Å²) in [5.74, 6) is 16.1. The van der Waals surface area contributed by atoms with Crippen LogP contribution in [0.1, 0.15) is 57.0 Å². The van der Waals surface area contributed by atoms with E-state index in [1.54, 1.807) is 23.7 Å². The lowest BCUT2D eigenvalue weighted by Crippen LogP contribution is -2.06. The van der Waals surface area contributed by atoms with Gasteiger partial charge in [-0.15, -0.1) is 12.4 Å². The number of benzene rings is 4. The Bertz CT molecular complexity index is 1920. The standard InChI is InChI=1S/C12H12N4.3C8H12N2.C6H6N2O.ClH/c1-8-3-9(2)5-11(4-8)16-12(14)10(6-13)7-15-16;3*1-6-3-7(2)5-8(4-6)10-9;1-2-9-5-6(3-7)4-8;/h3-5,7H,14H2,1-2H3;3*3-5,10H,9H2,1-2H3;5H,2H2,1H3;1H. The molecule has 0 amide bonds. The molecule has 0 saturated carbocycles. The monoisotopic (exact) mass is 778 g/mol. The lowest BCUT2D eigenvalue weighted by molar-refractivity contribution is 0.268. The van der Waals surface area contributed by atoms with Crippen LogP contribution in [0.3, 0.4) is 0 Å². The molecule has 0 unspecified atom stereocenters. The van der Waals surface area contributed by atoms with Crippen molar-refractivity contribution in [2.24, 2.45) is 17.5 Å². The lowest BCUT2D eigenvalue weighted by atomic mass is 10.1. The molecule has 1 heterocycles. The molecule has 5 rings (SSSR count). The summed E-state index contributed by atoms with van der Waals surface area (Å²) in [5, 5.41) is 29.2. The van der Waals surface area contributed by atoms with Gasteiger partial charge in [-0.3, -0.25) is 17.5 Å². The van der Waals surface area contributed by atoms with Crippen LogP contribution in [0.5, 0.6) is 0 Å². The fourth-order valence-electron chi connectivity index (χ4n) is 5.14. The quantitative estimate of drug-likeness (QED) is 0.0375. The van der Waals surface area contributed by atoms with E-state index in [9.17, 15) is 0 Å². The predicted molar refractivity (Wildman–Crippen MR) is 232 cm³/mol. The van der Waals surface area contributed by atoms with Crippen LogP contribution in [0.15, 0.2) is 90.8 Å². The molecule has 14 heteroatoms. The number of aromatic nitrogens is 2. The largest absolute Gasteiger partial charge is 0.499 e. The highest BCUT2D eigenvalue weighted by Crippen LogP contribution is 2.19. The number of hydrazine groups is 3. The van der Waals surface area contributed by atoms with E-state index in [1.807, 2.05) is 110 Å². The van der Waals surface area contributed by atoms with Crippen molar-refractivity contribution < 1.29 is 4.74 Å². The van der Waals surface area contributed by atoms with Crippen molar-refractivity contribution in [2.75, 3.05) is 28.6 Å². The van der Waals surface area contributed by atoms with Crippen LogP contribution < -0.4 is 39.5 Å². The second-order valence-corrected chi connectivity index (χ2v) is 12.6. The Morgan fingerprint density at radius 1 is 0.625 bits per heavy atom. The van der Waals surface area contributed by atoms with Crippen molar-refractivity contribution in [1.29, 1.82) is 15.8 Å². The Balaban J connectivity index is 0.000000686. The van der Waals surface area contributed by atoms with Crippen LogP contribution in [0, 0.1) is 89.4 Å². The highest BCUT2D eigenvalue weighted by molar-refractivity contribution is 5.85. The summed E-state index contributed by atoms with van der Waals surface area (Å²) in [5.41, 5.74) is 27.5. The Labute approximate surface area is 337 Å². The molecular weight excluding hydrogens is 724 g/mol. The fourth-order valence-corrected chi connectivity index (χ4v) is 5.14. The first-order chi connectivity index (χ1) is 26.1. The van der Waals surface area contributed by atoms with Gasteiger partial charge < -0.3 is 26.7 Å². The third-order valence-corrected chi connectivity index (χ3v) is 7.15. The number of halogens is 1. The van der Waals surface area contributed by atoms with Crippen molar-refractivity contribution in [1.82, 2.24) is 9.78 Å². The number of nitrogens with two attached hydrogens (primary N) is 4. The topological polar surface area (TPSA) is 239 Å². The van der Waals surface area contributed by atoms with E-state index >= 15 is 0 Å². The van der Waals surface area contributed by atoms with Crippen LogP contribution >= 0.6 is 12.4 Å². The second-order valence-electron chi connectivity index (χ2n) is 12.6. The van der Waals surface area contributed by atoms with Gasteiger partial charge in [0, 0.05) is 17.1 Å². The van der Waals surface area contributed by atoms with Crippen molar-refractivity contribution in [3.8, 4) is 23.9 Å². The van der Waals surface area contributed by atoms with Crippen molar-refractivity contribution in [3.63, 3.8) is 0 Å². The smallest absolute Gasteiger partial charge is 0.163 e. The van der Waals surface area contributed by atoms with Crippen molar-refractivity contribution >= 4 is 35.3 Å². The van der Waals surface area contributed by atoms with E-state index in [0.29, 0.717) is 18.0 Å². The SMILES string of the molecule is CCOC=C(C#N)C#N.Cc1cc(C)cc(-n2ncc(C#N)c2N)c1.Cc1cc(C)cc(NN)c1.Cc1cc(C)cc(NN)c1.Cc1cc(C)cc(NN)c1.Cl. The molecule has 56 heavy (non-hydrogen) atoms. The molecule has 11 N–H and O–H groups in total. The van der Waals surface area contributed by atoms with Crippen molar-refractivity contribution in [2.45, 2.75) is 62.3 Å². The highest BCUT2D eigenvalue weighted by Gasteiger charge is 2.08. The maximum Gasteiger partial charge on any atom is 0.163 e. The zero-order valence-electron chi connectivity index (χ0n) is 33.7. The first-order valence-electron chi connectivity index (χ1n) is 17.2. The van der Waals surface area contributed by atoms with Gasteiger partial charge in [0.05, 0.1) is 18.5 Å². The zero-order chi connectivity index (χ0) is 41.5. The number of nitrogens with one attached hydrogen (secondary N) is 3. The Morgan fingerprint density at radius 3 is 1.20 bits per heavy atom. The Kier molecular flexibility index (Phi) is 23.2. The summed E-state index contributed by atoms with van der Waals surface area (Å²) in [6.45, 7) is 18.6. The molecule has 0 atom stereocenters. The van der Waals surface area contributed by atoms with E-state index < -0.39 is 0 Å². The summed E-state index contributed by atoms with van der Waals surface area (Å²) in [6, 6.07) is 29.8. The molecule has 5 aromatic rings. The van der Waals surface area contributed by atoms with Crippen LogP contribution in [-0.2, 0) is 4.74 Å². The maximum atomic E-state index is 8.80. The van der Waals surface area contributed by atoms with E-state index in [-0.39, 0.29) is 18.0 Å². The number of ether oxygens (including phenoxy) is 1. The maximum absolute atomic E-state index is 8.80. The van der Waals surface area contributed by atoms with Gasteiger partial charge in [-0.1, -0.05) is 24.3 Å². The minimum atomic E-state index is -0.00292. The van der Waals surface area contributed by atoms with Crippen LogP contribution in [0.25, 0.3) is 5.69 Å².